The Morgan fingerprint density at radius 1 is 1.44 bits per heavy atom. The molecule has 2 heterocycles. The minimum atomic E-state index is -1.98. The third-order valence-electron chi connectivity index (χ3n) is 4.02. The first-order valence-electron chi connectivity index (χ1n) is 7.74. The molecule has 1 saturated heterocycles. The van der Waals surface area contributed by atoms with Crippen LogP contribution in [-0.2, 0) is 9.30 Å². The number of para-hydroxylation sites is 1. The van der Waals surface area contributed by atoms with E-state index in [1.807, 2.05) is 4.98 Å². The molecule has 0 saturated carbocycles. The summed E-state index contributed by atoms with van der Waals surface area (Å²) in [6.07, 6.45) is -1.40. The second kappa shape index (κ2) is 7.86. The van der Waals surface area contributed by atoms with Crippen molar-refractivity contribution in [1.29, 1.82) is 0 Å². The quantitative estimate of drug-likeness (QED) is 0.501. The fourth-order valence-corrected chi connectivity index (χ4v) is 3.16. The summed E-state index contributed by atoms with van der Waals surface area (Å²) in [6.45, 7) is -0.597. The van der Waals surface area contributed by atoms with Gasteiger partial charge in [0.1, 0.15) is 0 Å². The molecule has 2 aromatic rings. The van der Waals surface area contributed by atoms with E-state index < -0.39 is 43.9 Å². The van der Waals surface area contributed by atoms with Crippen molar-refractivity contribution in [3.63, 3.8) is 0 Å². The summed E-state index contributed by atoms with van der Waals surface area (Å²) in [5.41, 5.74) is 0.543. The number of nitrogens with zero attached hydrogens (tertiary/aromatic N) is 1. The Hall–Kier alpha value is -2.12. The van der Waals surface area contributed by atoms with Crippen LogP contribution in [-0.4, -0.2) is 38.3 Å². The van der Waals surface area contributed by atoms with Crippen LogP contribution in [0.15, 0.2) is 40.1 Å². The Balaban J connectivity index is 1.96. The van der Waals surface area contributed by atoms with E-state index in [1.165, 1.54) is 6.07 Å². The molecule has 0 aliphatic carbocycles. The summed E-state index contributed by atoms with van der Waals surface area (Å²) in [7, 11) is -0.538. The molecule has 3 rings (SSSR count). The van der Waals surface area contributed by atoms with Crippen LogP contribution in [0.3, 0.4) is 0 Å². The molecule has 0 bridgehead atoms. The topological polar surface area (TPSA) is 131 Å². The second-order valence-electron chi connectivity index (χ2n) is 5.76. The van der Waals surface area contributed by atoms with E-state index in [0.29, 0.717) is 0 Å². The summed E-state index contributed by atoms with van der Waals surface area (Å²) < 4.78 is 22.8. The molecular weight excluding hydrogens is 399 g/mol. The molecule has 142 valence electrons. The van der Waals surface area contributed by atoms with Crippen molar-refractivity contribution in [2.24, 2.45) is 0 Å². The van der Waals surface area contributed by atoms with Gasteiger partial charge in [0, 0.05) is 0 Å². The number of aliphatic hydroxyl groups excluding tert-OH is 1. The zero-order valence-corrected chi connectivity index (χ0v) is 15.3. The third kappa shape index (κ3) is 3.94. The molecule has 1 aromatic heterocycles. The first-order chi connectivity index (χ1) is 12.9. The predicted octanol–water partition coefficient (Wildman–Crippen LogP) is 0.836. The monoisotopic (exact) mass is 412 g/mol. The number of halogens is 1. The van der Waals surface area contributed by atoms with Crippen LogP contribution in [0.2, 0.25) is 5.02 Å². The molecular formula is C16H14ClN2O7P. The molecule has 1 aliphatic heterocycles. The molecule has 1 aliphatic rings. The Kier molecular flexibility index (Phi) is 5.72. The van der Waals surface area contributed by atoms with Gasteiger partial charge < -0.3 is 0 Å². The van der Waals surface area contributed by atoms with Gasteiger partial charge in [-0.25, -0.2) is 0 Å². The van der Waals surface area contributed by atoms with Gasteiger partial charge in [0.05, 0.1) is 0 Å². The average molecular weight is 413 g/mol. The van der Waals surface area contributed by atoms with E-state index in [1.54, 1.807) is 18.2 Å². The van der Waals surface area contributed by atoms with E-state index >= 15 is 0 Å². The van der Waals surface area contributed by atoms with Crippen LogP contribution in [0.4, 0.5) is 0 Å². The maximum absolute atomic E-state index is 12.1. The predicted molar refractivity (Wildman–Crippen MR) is 94.6 cm³/mol. The van der Waals surface area contributed by atoms with Crippen molar-refractivity contribution >= 4 is 19.5 Å². The van der Waals surface area contributed by atoms with Crippen LogP contribution >= 0.6 is 19.5 Å². The van der Waals surface area contributed by atoms with Gasteiger partial charge in [-0.2, -0.15) is 0 Å². The van der Waals surface area contributed by atoms with Crippen LogP contribution < -0.4 is 16.0 Å². The molecule has 3 N–H and O–H groups in total. The van der Waals surface area contributed by atoms with Gasteiger partial charge in [0.25, 0.3) is 0 Å². The molecule has 1 fully saturated rings. The third-order valence-corrected chi connectivity index (χ3v) is 4.67. The number of hydrogen-bond donors (Lipinski definition) is 3. The Bertz CT molecular complexity index is 1080. The summed E-state index contributed by atoms with van der Waals surface area (Å²) in [6, 6.07) is 6.43. The number of nitrogens with one attached hydrogen (secondary N) is 1. The number of rotatable bonds is 4. The number of hydrogen-bond acceptors (Lipinski definition) is 7. The van der Waals surface area contributed by atoms with Gasteiger partial charge >= 0.3 is 158 Å². The van der Waals surface area contributed by atoms with Crippen molar-refractivity contribution in [3.8, 4) is 11.4 Å². The first-order valence-corrected chi connectivity index (χ1v) is 8.93. The molecule has 0 spiro atoms. The summed E-state index contributed by atoms with van der Waals surface area (Å²) in [5.74, 6) is -1.81. The van der Waals surface area contributed by atoms with Gasteiger partial charge in [-0.05, 0) is 0 Å². The number of ether oxygens (including phenoxy) is 2. The fourth-order valence-electron chi connectivity index (χ4n) is 2.73. The van der Waals surface area contributed by atoms with Gasteiger partial charge in [0.2, 0.25) is 0 Å². The number of aliphatic hydroxyl groups is 2. The summed E-state index contributed by atoms with van der Waals surface area (Å²) >= 11 is 6.03. The van der Waals surface area contributed by atoms with Gasteiger partial charge in [-0.1, -0.05) is 0 Å². The van der Waals surface area contributed by atoms with Crippen molar-refractivity contribution in [1.82, 2.24) is 9.55 Å². The van der Waals surface area contributed by atoms with Crippen molar-refractivity contribution in [3.05, 3.63) is 61.9 Å². The van der Waals surface area contributed by atoms with E-state index in [4.69, 9.17) is 21.1 Å². The van der Waals surface area contributed by atoms with E-state index in [2.05, 4.69) is 5.63 Å². The molecule has 0 radical (unpaired) electrons. The van der Waals surface area contributed by atoms with Gasteiger partial charge in [0.15, 0.2) is 0 Å². The number of aromatic nitrogens is 2. The van der Waals surface area contributed by atoms with Crippen molar-refractivity contribution < 1.29 is 24.3 Å². The number of aromatic amines is 1. The molecule has 9 nitrogen and oxygen atoms in total. The minimum absolute atomic E-state index is 0.141. The zero-order chi connectivity index (χ0) is 19.6. The van der Waals surface area contributed by atoms with Crippen LogP contribution in [0.25, 0.3) is 0 Å². The Labute approximate surface area is 158 Å². The average Bonchev–Trinajstić information content (AvgIpc) is 2.95. The molecule has 11 heteroatoms. The van der Waals surface area contributed by atoms with Gasteiger partial charge in [-0.15, -0.1) is 0 Å². The van der Waals surface area contributed by atoms with E-state index in [9.17, 15) is 24.4 Å². The van der Waals surface area contributed by atoms with Crippen molar-refractivity contribution in [2.75, 3.05) is 6.61 Å². The molecule has 0 unspecified atom stereocenters. The van der Waals surface area contributed by atoms with Crippen molar-refractivity contribution in [2.45, 2.75) is 24.5 Å². The van der Waals surface area contributed by atoms with Crippen LogP contribution in [0, 0.1) is 5.63 Å². The molecule has 27 heavy (non-hydrogen) atoms. The Morgan fingerprint density at radius 2 is 2.19 bits per heavy atom. The molecule has 3 atom stereocenters. The zero-order valence-electron chi connectivity index (χ0n) is 13.7. The fraction of sp³-hybridized carbons (Fsp3) is 0.312. The summed E-state index contributed by atoms with van der Waals surface area (Å²) in [5, 5.41) is 20.7. The van der Waals surface area contributed by atoms with Crippen LogP contribution in [0.5, 0.6) is 5.75 Å². The molecule has 1 aromatic carbocycles. The van der Waals surface area contributed by atoms with Gasteiger partial charge in [-0.3, -0.25) is 0 Å². The Morgan fingerprint density at radius 3 is 2.85 bits per heavy atom. The molecule has 0 amide bonds. The second-order valence-corrected chi connectivity index (χ2v) is 6.57. The maximum atomic E-state index is 12.1. The normalized spacial score (nSPS) is 24.4. The SMILES string of the molecule is O=P#Cc1cn([C@H]2C[C@@](O)(Oc3ccccc3Cl)[C@@H](CO)O2)c(=O)[nH]c1=O. The first kappa shape index (κ1) is 19.6. The van der Waals surface area contributed by atoms with E-state index in [-0.39, 0.29) is 22.8 Å². The summed E-state index contributed by atoms with van der Waals surface area (Å²) in [4.78, 5) is 25.8. The van der Waals surface area contributed by atoms with E-state index in [0.717, 1.165) is 10.8 Å². The number of benzene rings is 1. The number of H-pyrrole nitrogens is 1. The van der Waals surface area contributed by atoms with Crippen LogP contribution in [0.1, 0.15) is 18.2 Å². The standard InChI is InChI=1S/C16H14ClN2O7P/c17-10-3-1-2-4-11(10)26-16(23)5-13(25-12(16)7-20)19-6-9(8-27-24)14(21)18-15(19)22/h1-4,6,12-13,20,23H,5,7H2,(H,18,21,22)/t12-,13-,16-/m1/s1.